The number of ketones is 2. The van der Waals surface area contributed by atoms with Crippen molar-refractivity contribution in [1.29, 1.82) is 0 Å². The highest BCUT2D eigenvalue weighted by Crippen LogP contribution is 2.40. The topological polar surface area (TPSA) is 509 Å². The van der Waals surface area contributed by atoms with Crippen LogP contribution in [0.4, 0.5) is 28.5 Å². The van der Waals surface area contributed by atoms with Crippen LogP contribution in [0.3, 0.4) is 0 Å². The van der Waals surface area contributed by atoms with Crippen molar-refractivity contribution >= 4 is 87.2 Å². The van der Waals surface area contributed by atoms with Gasteiger partial charge < -0.3 is 115 Å². The van der Waals surface area contributed by atoms with E-state index in [9.17, 15) is 48.9 Å². The average Bonchev–Trinajstić information content (AvgIpc) is 1.63. The Morgan fingerprint density at radius 3 is 2.09 bits per heavy atom. The maximum Gasteiger partial charge on any atom is 0.407 e. The highest BCUT2D eigenvalue weighted by atomic mass is 16.6. The molecule has 2 bridgehead atoms. The molecule has 5 aromatic heterocycles. The van der Waals surface area contributed by atoms with Crippen LogP contribution in [-0.2, 0) is 97.4 Å². The normalized spacial score (nSPS) is 26.4. The number of aliphatic hydroxyl groups excluding tert-OH is 2. The van der Waals surface area contributed by atoms with E-state index in [1.54, 1.807) is 59.5 Å². The number of rotatable bonds is 30. The van der Waals surface area contributed by atoms with Crippen molar-refractivity contribution in [2.45, 2.75) is 218 Å². The van der Waals surface area contributed by atoms with Gasteiger partial charge in [-0.3, -0.25) is 24.0 Å². The SMILES string of the molecule is CO[C@H]1C[C@@H]2CC[C@@H](C)[C@@](O)(O2)C(=O)C(=O)N2CCCC[C@H]2C(=O)O[C@H]([C@H](N)C[C@@H]2CC[C@@H](OC(=O)NCc3cnc(N4CCN(c5ncc(C(=O)NCCOCCOCCOCCOCCC(=O)N6CCc7cc(Cn8nc(-c9ccc%10oc(N)nc%10c9)c9c(N)ncnc98)ccc7C6)cn5)CC4)nc3)[C@H](OC)C2)C[C@@H](OC)[C@H](C)/C=C(\C)[C@@H](O)[C@@H](O)C(=O)[C@H](C)C[C@H](C)/C=C/C=CC=C1C. The summed E-state index contributed by atoms with van der Waals surface area (Å²) in [4.78, 5) is 136. The summed E-state index contributed by atoms with van der Waals surface area (Å²) >= 11 is 0. The molecule has 0 unspecified atom stereocenters. The van der Waals surface area contributed by atoms with Gasteiger partial charge in [0.05, 0.1) is 101 Å². The number of esters is 1. The molecule has 5 aliphatic heterocycles. The molecule has 1 saturated carbocycles. The lowest BCUT2D eigenvalue weighted by molar-refractivity contribution is -0.265. The van der Waals surface area contributed by atoms with Crippen molar-refractivity contribution in [2.75, 3.05) is 141 Å². The molecule has 137 heavy (non-hydrogen) atoms. The molecule has 4 fully saturated rings. The second kappa shape index (κ2) is 49.4. The summed E-state index contributed by atoms with van der Waals surface area (Å²) < 4.78 is 66.6. The molecule has 39 nitrogen and oxygen atoms in total. The first-order valence-electron chi connectivity index (χ1n) is 47.6. The van der Waals surface area contributed by atoms with E-state index in [-0.39, 0.29) is 88.2 Å². The van der Waals surface area contributed by atoms with E-state index >= 15 is 0 Å². The maximum absolute atomic E-state index is 14.9. The van der Waals surface area contributed by atoms with Crippen LogP contribution >= 0.6 is 0 Å². The number of alkyl carbamates (subject to hydrolysis) is 1. The number of methoxy groups -OCH3 is 3. The predicted molar refractivity (Wildman–Crippen MR) is 507 cm³/mol. The Morgan fingerprint density at radius 1 is 0.679 bits per heavy atom. The number of nitrogen functional groups attached to an aromatic ring is 2. The smallest absolute Gasteiger partial charge is 0.407 e. The van der Waals surface area contributed by atoms with Crippen molar-refractivity contribution in [1.82, 2.24) is 65.1 Å². The third-order valence-corrected chi connectivity index (χ3v) is 26.9. The maximum atomic E-state index is 14.9. The summed E-state index contributed by atoms with van der Waals surface area (Å²) in [7, 11) is 4.59. The van der Waals surface area contributed by atoms with Crippen LogP contribution in [0.25, 0.3) is 33.4 Å². The number of aromatic nitrogens is 9. The van der Waals surface area contributed by atoms with Crippen LogP contribution in [0, 0.1) is 29.6 Å². The highest BCUT2D eigenvalue weighted by molar-refractivity contribution is 6.39. The summed E-state index contributed by atoms with van der Waals surface area (Å²) in [6, 6.07) is 9.82. The van der Waals surface area contributed by atoms with Crippen molar-refractivity contribution in [3.05, 3.63) is 143 Å². The number of piperazine rings is 1. The number of oxazole rings is 1. The van der Waals surface area contributed by atoms with Gasteiger partial charge in [-0.05, 0) is 142 Å². The zero-order valence-corrected chi connectivity index (χ0v) is 79.8. The zero-order valence-electron chi connectivity index (χ0n) is 79.8. The van der Waals surface area contributed by atoms with Gasteiger partial charge in [0, 0.05) is 153 Å². The van der Waals surface area contributed by atoms with Crippen LogP contribution < -0.4 is 37.6 Å². The Labute approximate surface area is 797 Å². The number of carbonyl (C=O) groups is 7. The number of cyclic esters (lactones) is 1. The fourth-order valence-corrected chi connectivity index (χ4v) is 18.8. The minimum Gasteiger partial charge on any atom is -0.459 e. The van der Waals surface area contributed by atoms with Gasteiger partial charge in [-0.25, -0.2) is 44.2 Å². The van der Waals surface area contributed by atoms with Crippen molar-refractivity contribution < 1.29 is 101 Å². The lowest BCUT2D eigenvalue weighted by Crippen LogP contribution is -2.61. The second-order valence-electron chi connectivity index (χ2n) is 36.7. The van der Waals surface area contributed by atoms with E-state index in [0.29, 0.717) is 205 Å². The summed E-state index contributed by atoms with van der Waals surface area (Å²) in [5.41, 5.74) is 28.0. The quantitative estimate of drug-likeness (QED) is 0.00938. The molecule has 0 radical (unpaired) electrons. The van der Waals surface area contributed by atoms with Crippen molar-refractivity contribution in [3.8, 4) is 11.3 Å². The average molecular weight is 1900 g/mol. The lowest BCUT2D eigenvalue weighted by atomic mass is 9.80. The molecule has 3 saturated heterocycles. The number of nitrogens with zero attached hydrogens (tertiary/aromatic N) is 13. The molecular weight excluding hydrogens is 1770 g/mol. The third kappa shape index (κ3) is 27.2. The minimum absolute atomic E-state index is 0.0230. The van der Waals surface area contributed by atoms with Crippen LogP contribution in [0.2, 0.25) is 0 Å². The highest BCUT2D eigenvalue weighted by Gasteiger charge is 2.53. The number of nitrogens with one attached hydrogen (secondary N) is 2. The number of allylic oxidation sites excluding steroid dienone is 5. The molecule has 2 aromatic carbocycles. The number of hydrogen-bond acceptors (Lipinski definition) is 34. The first-order valence-corrected chi connectivity index (χ1v) is 47.6. The van der Waals surface area contributed by atoms with E-state index in [2.05, 4.69) is 57.7 Å². The number of nitrogens with two attached hydrogens (primary N) is 3. The fourth-order valence-electron chi connectivity index (χ4n) is 18.8. The lowest BCUT2D eigenvalue weighted by Gasteiger charge is -2.43. The Hall–Kier alpha value is -11.2. The van der Waals surface area contributed by atoms with Gasteiger partial charge >= 0.3 is 12.1 Å². The van der Waals surface area contributed by atoms with Gasteiger partial charge in [0.25, 0.3) is 23.6 Å². The van der Waals surface area contributed by atoms with E-state index in [1.165, 1.54) is 36.3 Å². The zero-order chi connectivity index (χ0) is 97.4. The van der Waals surface area contributed by atoms with E-state index in [0.717, 1.165) is 28.7 Å². The molecule has 6 aliphatic rings. The second-order valence-corrected chi connectivity index (χ2v) is 36.7. The molecule has 1 aliphatic carbocycles. The summed E-state index contributed by atoms with van der Waals surface area (Å²) in [5.74, 6) is -7.10. The fraction of sp³-hybridized carbons (Fsp3) is 0.582. The first-order chi connectivity index (χ1) is 66.1. The molecule has 39 heteroatoms. The van der Waals surface area contributed by atoms with Crippen LogP contribution in [0.1, 0.15) is 158 Å². The predicted octanol–water partition coefficient (Wildman–Crippen LogP) is 7.44. The molecule has 0 spiro atoms. The number of ether oxygens (including phenoxy) is 10. The van der Waals surface area contributed by atoms with Gasteiger partial charge in [-0.1, -0.05) is 82.4 Å². The molecular formula is C98H134N18O21. The number of amides is 4. The molecule has 4 amide bonds. The van der Waals surface area contributed by atoms with Gasteiger partial charge in [0.2, 0.25) is 23.6 Å². The Bertz CT molecular complexity index is 5360. The number of aliphatic hydroxyl groups is 3. The molecule has 7 aromatic rings. The van der Waals surface area contributed by atoms with Gasteiger partial charge in [0.1, 0.15) is 53.8 Å². The Kier molecular flexibility index (Phi) is 37.2. The largest absolute Gasteiger partial charge is 0.459 e. The number of hydrogen-bond donors (Lipinski definition) is 8. The van der Waals surface area contributed by atoms with Gasteiger partial charge in [0.15, 0.2) is 17.0 Å². The monoisotopic (exact) mass is 1900 g/mol. The molecule has 742 valence electrons. The van der Waals surface area contributed by atoms with Crippen molar-refractivity contribution in [2.24, 2.45) is 35.3 Å². The first kappa shape index (κ1) is 103. The number of piperidine rings is 1. The van der Waals surface area contributed by atoms with Crippen LogP contribution in [0.5, 0.6) is 0 Å². The number of fused-ring (bicyclic) bond motifs is 6. The molecule has 16 atom stereocenters. The number of Topliss-reactive ketones (excluding diaryl/α,β-unsaturated/α-hetero) is 2. The standard InChI is InChI=1S/C98H134N18O21/c1-59-15-11-10-12-16-60(2)78(127-7)49-72-23-18-64(6)98(126,137-72)88(121)92(123)115-29-14-13-17-75(115)93(124)134-80(50-79(128-8)61(3)44-63(5)86(119)87(120)85(118)62(4)43-59)73(99)46-65-20-24-77(81(47-65)129-9)136-97(125)107-53-67-51-103-95(104-52-67)112-31-33-113(34-32-112)96-105-54-71(55-106-96)91(122)102-28-36-131-38-40-133-42-41-132-39-37-130-35-27-82(117)114-30-26-68-45-66(19-21-70(68)57-114)56-116-90-83(89(100)108-58-109-90)84(111-116)69-22-25-76-74(48-69)110-94(101)135-76/h10-12,15-16,19,21-22,25,44-45,48,51-52,54-55,58-59,61-62,64-65,72-73,75,77-81,86-87,119-120,126H,13-14,17-18,20,23-24,26-43,46-47,49-50,53,56-57,99H2,1-9H3,(H2,101,110)(H,102,122)(H,107,125)(H2,100,108,109)/b12-10?,15-11+,60-16?,63-44+/t59-,61-,62-,64-,65+,72+,73-,75+,77-,78+,79-,80+,81-,86-,87+,98-/m1/s1. The van der Waals surface area contributed by atoms with E-state index in [1.807, 2.05) is 88.7 Å². The van der Waals surface area contributed by atoms with Crippen LogP contribution in [-0.4, -0.2) is 298 Å². The summed E-state index contributed by atoms with van der Waals surface area (Å²) in [6.45, 7) is 17.5. The molecule has 13 rings (SSSR count). The number of anilines is 4. The number of carbonyl (C=O) groups excluding carboxylic acids is 7. The van der Waals surface area contributed by atoms with E-state index in [4.69, 9.17) is 74.1 Å². The third-order valence-electron chi connectivity index (χ3n) is 26.9. The molecule has 10 heterocycles. The Morgan fingerprint density at radius 2 is 1.38 bits per heavy atom. The van der Waals surface area contributed by atoms with Crippen molar-refractivity contribution in [3.63, 3.8) is 0 Å². The minimum atomic E-state index is -2.49. The Balaban J connectivity index is 0.494. The van der Waals surface area contributed by atoms with Gasteiger partial charge in [-0.15, -0.1) is 0 Å². The molecule has 11 N–H and O–H groups in total. The van der Waals surface area contributed by atoms with Gasteiger partial charge in [-0.2, -0.15) is 10.1 Å². The summed E-state index contributed by atoms with van der Waals surface area (Å²) in [6.07, 6.45) is 16.2. The number of benzene rings is 2. The summed E-state index contributed by atoms with van der Waals surface area (Å²) in [5, 5.41) is 46.3. The van der Waals surface area contributed by atoms with E-state index < -0.39 is 114 Å². The van der Waals surface area contributed by atoms with Crippen LogP contribution in [0.15, 0.2) is 120 Å².